The van der Waals surface area contributed by atoms with Gasteiger partial charge in [0.15, 0.2) is 23.0 Å². The van der Waals surface area contributed by atoms with E-state index in [1.165, 1.54) is 7.05 Å². The van der Waals surface area contributed by atoms with Crippen LogP contribution >= 0.6 is 27.7 Å². The number of carbonyl (C=O) groups excluding carboxylic acids is 1. The lowest BCUT2D eigenvalue weighted by atomic mass is 10.0. The number of methoxy groups -OCH3 is 4. The molecule has 4 rings (SSSR count). The van der Waals surface area contributed by atoms with E-state index in [0.717, 1.165) is 33.3 Å². The van der Waals surface area contributed by atoms with Crippen LogP contribution in [0.2, 0.25) is 0 Å². The molecule has 1 fully saturated rings. The number of urea groups is 1. The van der Waals surface area contributed by atoms with Crippen LogP contribution in [-0.2, 0) is 4.74 Å². The molecule has 10 nitrogen and oxygen atoms in total. The number of hydrogen-bond donors (Lipinski definition) is 2. The first-order chi connectivity index (χ1) is 20.3. The van der Waals surface area contributed by atoms with E-state index in [1.54, 1.807) is 46.3 Å². The fourth-order valence-electron chi connectivity index (χ4n) is 4.67. The Morgan fingerprint density at radius 1 is 0.952 bits per heavy atom. The number of amides is 2. The van der Waals surface area contributed by atoms with Gasteiger partial charge in [-0.05, 0) is 66.4 Å². The van der Waals surface area contributed by atoms with E-state index in [0.29, 0.717) is 51.9 Å². The van der Waals surface area contributed by atoms with E-state index in [-0.39, 0.29) is 12.2 Å². The first kappa shape index (κ1) is 31.6. The smallest absolute Gasteiger partial charge is 0.345 e. The molecule has 0 spiro atoms. The van der Waals surface area contributed by atoms with Gasteiger partial charge in [-0.3, -0.25) is 5.21 Å². The van der Waals surface area contributed by atoms with Crippen LogP contribution in [0, 0.1) is 0 Å². The molecule has 2 atom stereocenters. The molecule has 2 unspecified atom stereocenters. The van der Waals surface area contributed by atoms with E-state index >= 15 is 0 Å². The maximum Gasteiger partial charge on any atom is 0.345 e. The lowest BCUT2D eigenvalue weighted by molar-refractivity contribution is -0.0118. The minimum atomic E-state index is -0.717. The summed E-state index contributed by atoms with van der Waals surface area (Å²) in [5.41, 5.74) is 2.06. The minimum absolute atomic E-state index is 0.220. The normalized spacial score (nSPS) is 16.1. The number of thioether (sulfide) groups is 1. The van der Waals surface area contributed by atoms with Gasteiger partial charge in [-0.15, -0.1) is 11.8 Å². The number of benzene rings is 3. The summed E-state index contributed by atoms with van der Waals surface area (Å²) in [6.07, 6.45) is 0.966. The van der Waals surface area contributed by atoms with Crippen LogP contribution in [0.5, 0.6) is 28.7 Å². The summed E-state index contributed by atoms with van der Waals surface area (Å²) in [6.45, 7) is 0.355. The van der Waals surface area contributed by atoms with Crippen molar-refractivity contribution in [2.45, 2.75) is 29.9 Å². The Morgan fingerprint density at radius 3 is 2.10 bits per heavy atom. The van der Waals surface area contributed by atoms with Gasteiger partial charge in [-0.2, -0.15) is 0 Å². The lowest BCUT2D eigenvalue weighted by Gasteiger charge is -2.21. The fourth-order valence-corrected chi connectivity index (χ4v) is 6.01. The number of halogens is 1. The highest BCUT2D eigenvalue weighted by Crippen LogP contribution is 2.48. The molecule has 226 valence electrons. The maximum absolute atomic E-state index is 12.4. The summed E-state index contributed by atoms with van der Waals surface area (Å²) in [6, 6.07) is 14.7. The standard InChI is InChI=1S/C30H35BrN2O8S/c1-33(35)30(34)32-22-13-18(14-25(36-2)28(22)40-11-12-42-21-8-6-7-20(31)17-21)23-9-10-24(41-23)19-15-26(37-3)29(39-5)27(16-19)38-4/h6-8,13-17,23-24,35H,9-12H2,1-5H3,(H,32,34). The number of nitrogens with one attached hydrogen (secondary N) is 1. The van der Waals surface area contributed by atoms with Crippen molar-refractivity contribution in [1.82, 2.24) is 5.06 Å². The highest BCUT2D eigenvalue weighted by Gasteiger charge is 2.31. The zero-order valence-electron chi connectivity index (χ0n) is 24.1. The number of nitrogens with zero attached hydrogens (tertiary/aromatic N) is 1. The molecule has 1 heterocycles. The molecule has 0 aromatic heterocycles. The topological polar surface area (TPSA) is 108 Å². The second kappa shape index (κ2) is 14.7. The number of rotatable bonds is 12. The Kier molecular flexibility index (Phi) is 11.1. The first-order valence-corrected chi connectivity index (χ1v) is 15.0. The number of anilines is 1. The zero-order chi connectivity index (χ0) is 30.2. The molecule has 0 radical (unpaired) electrons. The fraction of sp³-hybridized carbons (Fsp3) is 0.367. The molecule has 2 amide bonds. The molecule has 42 heavy (non-hydrogen) atoms. The molecule has 3 aromatic carbocycles. The van der Waals surface area contributed by atoms with Gasteiger partial charge in [0, 0.05) is 22.2 Å². The third-order valence-corrected chi connectivity index (χ3v) is 8.13. The molecule has 0 saturated carbocycles. The summed E-state index contributed by atoms with van der Waals surface area (Å²) < 4.78 is 35.8. The Morgan fingerprint density at radius 2 is 1.55 bits per heavy atom. The predicted octanol–water partition coefficient (Wildman–Crippen LogP) is 7.10. The van der Waals surface area contributed by atoms with Crippen LogP contribution < -0.4 is 29.0 Å². The first-order valence-electron chi connectivity index (χ1n) is 13.2. The van der Waals surface area contributed by atoms with Crippen molar-refractivity contribution in [2.24, 2.45) is 0 Å². The molecular formula is C30H35BrN2O8S. The van der Waals surface area contributed by atoms with E-state index in [9.17, 15) is 10.0 Å². The predicted molar refractivity (Wildman–Crippen MR) is 164 cm³/mol. The molecule has 0 bridgehead atoms. The summed E-state index contributed by atoms with van der Waals surface area (Å²) in [7, 11) is 7.51. The van der Waals surface area contributed by atoms with Gasteiger partial charge in [0.1, 0.15) is 0 Å². The van der Waals surface area contributed by atoms with Crippen LogP contribution in [0.1, 0.15) is 36.2 Å². The second-order valence-electron chi connectivity index (χ2n) is 9.36. The van der Waals surface area contributed by atoms with Gasteiger partial charge in [0.05, 0.1) is 52.9 Å². The lowest BCUT2D eigenvalue weighted by Crippen LogP contribution is -2.28. The number of hydroxylamine groups is 2. The van der Waals surface area contributed by atoms with Crippen LogP contribution in [0.3, 0.4) is 0 Å². The van der Waals surface area contributed by atoms with Crippen molar-refractivity contribution in [3.8, 4) is 28.7 Å². The van der Waals surface area contributed by atoms with Crippen LogP contribution in [0.4, 0.5) is 10.5 Å². The number of ether oxygens (including phenoxy) is 6. The molecule has 2 N–H and O–H groups in total. The van der Waals surface area contributed by atoms with E-state index in [2.05, 4.69) is 21.2 Å². The third kappa shape index (κ3) is 7.54. The van der Waals surface area contributed by atoms with Gasteiger partial charge in [0.25, 0.3) is 0 Å². The van der Waals surface area contributed by atoms with Gasteiger partial charge in [-0.25, -0.2) is 9.86 Å². The zero-order valence-corrected chi connectivity index (χ0v) is 26.5. The van der Waals surface area contributed by atoms with Crippen molar-refractivity contribution < 1.29 is 38.4 Å². The SMILES string of the molecule is COc1cc(C2CCC(c3cc(OC)c(OC)c(OC)c3)O2)cc(NC(=O)N(C)O)c1OCCSc1cccc(Br)c1. The second-order valence-corrected chi connectivity index (χ2v) is 11.4. The average Bonchev–Trinajstić information content (AvgIpc) is 3.49. The van der Waals surface area contributed by atoms with Crippen LogP contribution in [0.15, 0.2) is 57.9 Å². The van der Waals surface area contributed by atoms with Gasteiger partial charge in [0.2, 0.25) is 5.75 Å². The monoisotopic (exact) mass is 662 g/mol. The third-order valence-electron chi connectivity index (χ3n) is 6.68. The van der Waals surface area contributed by atoms with Crippen molar-refractivity contribution in [1.29, 1.82) is 0 Å². The van der Waals surface area contributed by atoms with E-state index in [4.69, 9.17) is 28.4 Å². The summed E-state index contributed by atoms with van der Waals surface area (Å²) in [5, 5.41) is 12.9. The number of hydrogen-bond acceptors (Lipinski definition) is 9. The van der Waals surface area contributed by atoms with Crippen LogP contribution in [0.25, 0.3) is 0 Å². The Bertz CT molecular complexity index is 1360. The van der Waals surface area contributed by atoms with Gasteiger partial charge < -0.3 is 33.7 Å². The summed E-state index contributed by atoms with van der Waals surface area (Å²) in [4.78, 5) is 13.6. The Hall–Kier alpha value is -3.32. The summed E-state index contributed by atoms with van der Waals surface area (Å²) in [5.74, 6) is 3.09. The highest BCUT2D eigenvalue weighted by atomic mass is 79.9. The van der Waals surface area contributed by atoms with Gasteiger partial charge in [-0.1, -0.05) is 22.0 Å². The molecule has 12 heteroatoms. The molecular weight excluding hydrogens is 628 g/mol. The molecule has 1 saturated heterocycles. The minimum Gasteiger partial charge on any atom is -0.493 e. The van der Waals surface area contributed by atoms with E-state index < -0.39 is 6.03 Å². The quantitative estimate of drug-likeness (QED) is 0.0908. The largest absolute Gasteiger partial charge is 0.493 e. The maximum atomic E-state index is 12.4. The van der Waals surface area contributed by atoms with Crippen molar-refractivity contribution in [3.05, 3.63) is 64.1 Å². The van der Waals surface area contributed by atoms with E-state index in [1.807, 2.05) is 42.5 Å². The Balaban J connectivity index is 1.56. The summed E-state index contributed by atoms with van der Waals surface area (Å²) >= 11 is 5.13. The highest BCUT2D eigenvalue weighted by molar-refractivity contribution is 9.10. The molecule has 3 aromatic rings. The Labute approximate surface area is 258 Å². The van der Waals surface area contributed by atoms with Crippen LogP contribution in [-0.4, -0.2) is 64.1 Å². The van der Waals surface area contributed by atoms with Gasteiger partial charge >= 0.3 is 6.03 Å². The van der Waals surface area contributed by atoms with Crippen molar-refractivity contribution in [2.75, 3.05) is 53.2 Å². The molecule has 1 aliphatic rings. The molecule has 1 aliphatic heterocycles. The number of carbonyl (C=O) groups is 1. The average molecular weight is 664 g/mol. The molecule has 0 aliphatic carbocycles. The van der Waals surface area contributed by atoms with Crippen molar-refractivity contribution >= 4 is 39.4 Å². The van der Waals surface area contributed by atoms with Crippen molar-refractivity contribution in [3.63, 3.8) is 0 Å².